The number of carbonyl (C=O) groups is 2. The second-order valence-electron chi connectivity index (χ2n) is 7.35. The van der Waals surface area contributed by atoms with E-state index in [1.54, 1.807) is 4.90 Å². The molecule has 0 spiro atoms. The van der Waals surface area contributed by atoms with Gasteiger partial charge in [0.15, 0.2) is 0 Å². The fourth-order valence-electron chi connectivity index (χ4n) is 3.86. The first kappa shape index (κ1) is 18.4. The lowest BCUT2D eigenvalue weighted by atomic mass is 10.1. The number of hydrogen-bond acceptors (Lipinski definition) is 4. The third-order valence-corrected chi connectivity index (χ3v) is 6.05. The smallest absolute Gasteiger partial charge is 0.264 e. The minimum absolute atomic E-state index is 0.00554. The summed E-state index contributed by atoms with van der Waals surface area (Å²) in [4.78, 5) is 30.2. The van der Waals surface area contributed by atoms with Crippen molar-refractivity contribution in [2.24, 2.45) is 5.92 Å². The normalized spacial score (nSPS) is 22.8. The summed E-state index contributed by atoms with van der Waals surface area (Å²) in [5, 5.41) is 4.99. The number of likely N-dealkylation sites (tertiary alicyclic amines) is 2. The summed E-state index contributed by atoms with van der Waals surface area (Å²) in [6.45, 7) is 6.97. The summed E-state index contributed by atoms with van der Waals surface area (Å²) in [6.07, 6.45) is 5.60. The Labute approximate surface area is 154 Å². The van der Waals surface area contributed by atoms with Crippen molar-refractivity contribution in [1.29, 1.82) is 0 Å². The zero-order chi connectivity index (χ0) is 17.6. The molecular formula is C19H29N3O2S. The van der Waals surface area contributed by atoms with Crippen LogP contribution in [0.1, 0.15) is 48.7 Å². The number of nitrogens with zero attached hydrogens (tertiary/aromatic N) is 2. The van der Waals surface area contributed by atoms with Crippen LogP contribution in [0.5, 0.6) is 0 Å². The van der Waals surface area contributed by atoms with Gasteiger partial charge in [-0.1, -0.05) is 19.4 Å². The molecule has 2 saturated heterocycles. The second kappa shape index (κ2) is 8.81. The highest BCUT2D eigenvalue weighted by atomic mass is 32.1. The lowest BCUT2D eigenvalue weighted by Crippen LogP contribution is -2.47. The number of thiophene rings is 1. The summed E-state index contributed by atoms with van der Waals surface area (Å²) in [5.41, 5.74) is 0. The van der Waals surface area contributed by atoms with Crippen LogP contribution in [0, 0.1) is 5.92 Å². The van der Waals surface area contributed by atoms with E-state index in [-0.39, 0.29) is 17.9 Å². The number of hydrogen-bond donors (Lipinski definition) is 1. The van der Waals surface area contributed by atoms with Crippen LogP contribution in [0.4, 0.5) is 0 Å². The van der Waals surface area contributed by atoms with Gasteiger partial charge in [-0.25, -0.2) is 0 Å². The van der Waals surface area contributed by atoms with Crippen molar-refractivity contribution in [1.82, 2.24) is 15.1 Å². The van der Waals surface area contributed by atoms with Crippen LogP contribution < -0.4 is 5.32 Å². The molecule has 0 aromatic carbocycles. The van der Waals surface area contributed by atoms with Crippen LogP contribution in [0.25, 0.3) is 0 Å². The maximum Gasteiger partial charge on any atom is 0.264 e. The fourth-order valence-corrected chi connectivity index (χ4v) is 4.54. The highest BCUT2D eigenvalue weighted by Gasteiger charge is 2.34. The molecule has 1 N–H and O–H groups in total. The molecule has 3 heterocycles. The van der Waals surface area contributed by atoms with Gasteiger partial charge in [-0.2, -0.15) is 0 Å². The van der Waals surface area contributed by atoms with Gasteiger partial charge in [-0.3, -0.25) is 9.59 Å². The Morgan fingerprint density at radius 2 is 2.04 bits per heavy atom. The van der Waals surface area contributed by atoms with E-state index in [0.717, 1.165) is 24.3 Å². The lowest BCUT2D eigenvalue weighted by Gasteiger charge is -2.29. The van der Waals surface area contributed by atoms with Gasteiger partial charge < -0.3 is 15.1 Å². The SMILES string of the molecule is CC(CNC(=O)[C@@H]1CCCN1C(=O)c1cccs1)CN1CCCCC1. The molecule has 138 valence electrons. The summed E-state index contributed by atoms with van der Waals surface area (Å²) < 4.78 is 0. The van der Waals surface area contributed by atoms with Gasteiger partial charge in [0.25, 0.3) is 5.91 Å². The van der Waals surface area contributed by atoms with Crippen LogP contribution >= 0.6 is 11.3 Å². The Morgan fingerprint density at radius 3 is 2.76 bits per heavy atom. The van der Waals surface area contributed by atoms with Crippen molar-refractivity contribution in [3.05, 3.63) is 22.4 Å². The monoisotopic (exact) mass is 363 g/mol. The number of rotatable bonds is 6. The molecule has 5 nitrogen and oxygen atoms in total. The van der Waals surface area contributed by atoms with E-state index in [1.807, 2.05) is 17.5 Å². The van der Waals surface area contributed by atoms with Crippen LogP contribution in [-0.4, -0.2) is 60.4 Å². The van der Waals surface area contributed by atoms with Gasteiger partial charge in [-0.05, 0) is 56.1 Å². The molecule has 25 heavy (non-hydrogen) atoms. The maximum absolute atomic E-state index is 12.6. The molecule has 2 aliphatic rings. The maximum atomic E-state index is 12.6. The molecule has 0 radical (unpaired) electrons. The van der Waals surface area contributed by atoms with Crippen molar-refractivity contribution in [2.45, 2.75) is 45.1 Å². The molecule has 2 fully saturated rings. The van der Waals surface area contributed by atoms with Crippen molar-refractivity contribution in [3.8, 4) is 0 Å². The number of amides is 2. The second-order valence-corrected chi connectivity index (χ2v) is 8.29. The van der Waals surface area contributed by atoms with E-state index in [4.69, 9.17) is 0 Å². The largest absolute Gasteiger partial charge is 0.354 e. The highest BCUT2D eigenvalue weighted by Crippen LogP contribution is 2.22. The van der Waals surface area contributed by atoms with E-state index < -0.39 is 0 Å². The van der Waals surface area contributed by atoms with Crippen LogP contribution in [0.3, 0.4) is 0 Å². The molecule has 2 aliphatic heterocycles. The van der Waals surface area contributed by atoms with Gasteiger partial charge in [0.1, 0.15) is 6.04 Å². The number of nitrogens with one attached hydrogen (secondary N) is 1. The number of carbonyl (C=O) groups excluding carboxylic acids is 2. The van der Waals surface area contributed by atoms with E-state index in [2.05, 4.69) is 17.1 Å². The van der Waals surface area contributed by atoms with E-state index >= 15 is 0 Å². The first-order chi connectivity index (χ1) is 12.1. The van der Waals surface area contributed by atoms with Crippen LogP contribution in [-0.2, 0) is 4.79 Å². The third kappa shape index (κ3) is 4.82. The predicted octanol–water partition coefficient (Wildman–Crippen LogP) is 2.59. The molecule has 2 amide bonds. The lowest BCUT2D eigenvalue weighted by molar-refractivity contribution is -0.125. The quantitative estimate of drug-likeness (QED) is 0.845. The fraction of sp³-hybridized carbons (Fsp3) is 0.684. The Hall–Kier alpha value is -1.40. The molecule has 2 atom stereocenters. The molecule has 3 rings (SSSR count). The number of piperidine rings is 1. The zero-order valence-corrected chi connectivity index (χ0v) is 15.9. The van der Waals surface area contributed by atoms with Crippen molar-refractivity contribution >= 4 is 23.2 Å². The van der Waals surface area contributed by atoms with Gasteiger partial charge in [0.2, 0.25) is 5.91 Å². The van der Waals surface area contributed by atoms with Crippen molar-refractivity contribution < 1.29 is 9.59 Å². The van der Waals surface area contributed by atoms with Gasteiger partial charge in [0, 0.05) is 19.6 Å². The summed E-state index contributed by atoms with van der Waals surface area (Å²) in [5.74, 6) is 0.437. The Morgan fingerprint density at radius 1 is 1.24 bits per heavy atom. The van der Waals surface area contributed by atoms with Gasteiger partial charge in [0.05, 0.1) is 4.88 Å². The highest BCUT2D eigenvalue weighted by molar-refractivity contribution is 7.12. The standard InChI is InChI=1S/C19H29N3O2S/c1-15(14-21-9-3-2-4-10-21)13-20-18(23)16-7-5-11-22(16)19(24)17-8-6-12-25-17/h6,8,12,15-16H,2-5,7,9-11,13-14H2,1H3,(H,20,23)/t15?,16-/m0/s1. The molecule has 6 heteroatoms. The minimum atomic E-state index is -0.309. The Balaban J connectivity index is 1.47. The summed E-state index contributed by atoms with van der Waals surface area (Å²) in [6, 6.07) is 3.41. The first-order valence-corrected chi connectivity index (χ1v) is 10.4. The Kier molecular flexibility index (Phi) is 6.48. The van der Waals surface area contributed by atoms with Gasteiger partial charge in [-0.15, -0.1) is 11.3 Å². The Bertz CT molecular complexity index is 569. The van der Waals surface area contributed by atoms with Crippen molar-refractivity contribution in [2.75, 3.05) is 32.7 Å². The molecule has 1 aromatic heterocycles. The molecule has 0 saturated carbocycles. The van der Waals surface area contributed by atoms with E-state index in [9.17, 15) is 9.59 Å². The predicted molar refractivity (Wildman–Crippen MR) is 101 cm³/mol. The minimum Gasteiger partial charge on any atom is -0.354 e. The molecule has 0 bridgehead atoms. The molecular weight excluding hydrogens is 334 g/mol. The van der Waals surface area contributed by atoms with E-state index in [1.165, 1.54) is 43.7 Å². The van der Waals surface area contributed by atoms with Crippen LogP contribution in [0.15, 0.2) is 17.5 Å². The van der Waals surface area contributed by atoms with E-state index in [0.29, 0.717) is 19.0 Å². The summed E-state index contributed by atoms with van der Waals surface area (Å²) >= 11 is 1.44. The van der Waals surface area contributed by atoms with Gasteiger partial charge >= 0.3 is 0 Å². The van der Waals surface area contributed by atoms with Crippen LogP contribution in [0.2, 0.25) is 0 Å². The zero-order valence-electron chi connectivity index (χ0n) is 15.1. The summed E-state index contributed by atoms with van der Waals surface area (Å²) in [7, 11) is 0. The first-order valence-electron chi connectivity index (χ1n) is 9.49. The topological polar surface area (TPSA) is 52.7 Å². The van der Waals surface area contributed by atoms with Crippen molar-refractivity contribution in [3.63, 3.8) is 0 Å². The average molecular weight is 364 g/mol. The average Bonchev–Trinajstić information content (AvgIpc) is 3.31. The molecule has 1 aromatic rings. The third-order valence-electron chi connectivity index (χ3n) is 5.19. The molecule has 0 aliphatic carbocycles. The molecule has 1 unspecified atom stereocenters.